The van der Waals surface area contributed by atoms with E-state index in [0.717, 1.165) is 11.1 Å². The molecule has 0 amide bonds. The Morgan fingerprint density at radius 1 is 1.50 bits per heavy atom. The predicted molar refractivity (Wildman–Crippen MR) is 56.6 cm³/mol. The van der Waals surface area contributed by atoms with E-state index in [9.17, 15) is 9.90 Å². The highest BCUT2D eigenvalue weighted by Crippen LogP contribution is 2.27. The third kappa shape index (κ3) is 2.13. The number of aryl methyl sites for hydroxylation is 1. The first-order valence-electron chi connectivity index (χ1n) is 4.88. The number of rotatable bonds is 3. The molecule has 1 atom stereocenters. The molecule has 0 aliphatic heterocycles. The number of hydrogen-bond acceptors (Lipinski definition) is 2. The molecule has 0 aliphatic rings. The van der Waals surface area contributed by atoms with Crippen LogP contribution in [0.1, 0.15) is 37.3 Å². The number of aromatic hydroxyl groups is 1. The van der Waals surface area contributed by atoms with Gasteiger partial charge in [-0.05, 0) is 18.6 Å². The van der Waals surface area contributed by atoms with Gasteiger partial charge in [0, 0.05) is 17.9 Å². The minimum atomic E-state index is -0.208. The molecule has 0 heterocycles. The van der Waals surface area contributed by atoms with E-state index in [1.54, 1.807) is 6.07 Å². The van der Waals surface area contributed by atoms with Crippen LogP contribution in [-0.4, -0.2) is 10.9 Å². The van der Waals surface area contributed by atoms with Gasteiger partial charge in [-0.2, -0.15) is 0 Å². The summed E-state index contributed by atoms with van der Waals surface area (Å²) in [5, 5.41) is 9.65. The highest BCUT2D eigenvalue weighted by molar-refractivity contribution is 5.85. The summed E-state index contributed by atoms with van der Waals surface area (Å²) < 4.78 is 0. The van der Waals surface area contributed by atoms with Crippen LogP contribution < -0.4 is 0 Å². The molecule has 1 rings (SSSR count). The van der Waals surface area contributed by atoms with Gasteiger partial charge in [-0.1, -0.05) is 26.0 Å². The topological polar surface area (TPSA) is 37.3 Å². The molecule has 1 aromatic rings. The summed E-state index contributed by atoms with van der Waals surface area (Å²) in [5.74, 6) is 0.170. The van der Waals surface area contributed by atoms with E-state index in [1.165, 1.54) is 0 Å². The normalized spacial score (nSPS) is 12.5. The lowest BCUT2D eigenvalue weighted by Crippen LogP contribution is -2.07. The molecule has 1 N–H and O–H groups in total. The molecule has 0 saturated heterocycles. The SMILES string of the molecule is CCC(=O)C(C)c1ccc(C)cc1O. The van der Waals surface area contributed by atoms with Crippen molar-refractivity contribution in [2.24, 2.45) is 0 Å². The smallest absolute Gasteiger partial charge is 0.139 e. The predicted octanol–water partition coefficient (Wildman–Crippen LogP) is 2.78. The summed E-state index contributed by atoms with van der Waals surface area (Å²) in [6.07, 6.45) is 0.508. The Kier molecular flexibility index (Phi) is 3.28. The van der Waals surface area contributed by atoms with Crippen molar-refractivity contribution < 1.29 is 9.90 Å². The van der Waals surface area contributed by atoms with E-state index in [1.807, 2.05) is 32.9 Å². The minimum Gasteiger partial charge on any atom is -0.508 e. The number of hydrogen-bond donors (Lipinski definition) is 1. The number of phenols is 1. The lowest BCUT2D eigenvalue weighted by atomic mass is 9.94. The van der Waals surface area contributed by atoms with Gasteiger partial charge in [0.1, 0.15) is 11.5 Å². The van der Waals surface area contributed by atoms with Gasteiger partial charge >= 0.3 is 0 Å². The van der Waals surface area contributed by atoms with Gasteiger partial charge in [0.15, 0.2) is 0 Å². The first-order valence-corrected chi connectivity index (χ1v) is 4.88. The summed E-state index contributed by atoms with van der Waals surface area (Å²) in [6.45, 7) is 5.58. The Labute approximate surface area is 84.6 Å². The Morgan fingerprint density at radius 3 is 2.64 bits per heavy atom. The Balaban J connectivity index is 3.01. The monoisotopic (exact) mass is 192 g/mol. The molecule has 0 saturated carbocycles. The fourth-order valence-electron chi connectivity index (χ4n) is 1.50. The molecule has 1 unspecified atom stereocenters. The van der Waals surface area contributed by atoms with Gasteiger partial charge in [0.2, 0.25) is 0 Å². The van der Waals surface area contributed by atoms with Crippen LogP contribution in [0, 0.1) is 6.92 Å². The maximum absolute atomic E-state index is 11.4. The number of benzene rings is 1. The van der Waals surface area contributed by atoms with Gasteiger partial charge in [0.25, 0.3) is 0 Å². The van der Waals surface area contributed by atoms with Gasteiger partial charge in [-0.3, -0.25) is 4.79 Å². The van der Waals surface area contributed by atoms with Crippen molar-refractivity contribution in [3.05, 3.63) is 29.3 Å². The quantitative estimate of drug-likeness (QED) is 0.799. The van der Waals surface area contributed by atoms with Gasteiger partial charge in [0.05, 0.1) is 0 Å². The molecular formula is C12H16O2. The van der Waals surface area contributed by atoms with Crippen LogP contribution in [0.25, 0.3) is 0 Å². The molecule has 0 aromatic heterocycles. The molecule has 0 bridgehead atoms. The first-order chi connectivity index (χ1) is 6.56. The largest absolute Gasteiger partial charge is 0.508 e. The molecule has 14 heavy (non-hydrogen) atoms. The zero-order valence-corrected chi connectivity index (χ0v) is 8.87. The van der Waals surface area contributed by atoms with E-state index in [4.69, 9.17) is 0 Å². The highest BCUT2D eigenvalue weighted by Gasteiger charge is 2.16. The molecule has 76 valence electrons. The Hall–Kier alpha value is -1.31. The number of carbonyl (C=O) groups excluding carboxylic acids is 1. The second-order valence-electron chi connectivity index (χ2n) is 3.60. The summed E-state index contributed by atoms with van der Waals surface area (Å²) in [4.78, 5) is 11.4. The zero-order chi connectivity index (χ0) is 10.7. The maximum atomic E-state index is 11.4. The van der Waals surface area contributed by atoms with Crippen molar-refractivity contribution in [3.8, 4) is 5.75 Å². The van der Waals surface area contributed by atoms with Crippen LogP contribution in [0.2, 0.25) is 0 Å². The third-order valence-electron chi connectivity index (χ3n) is 2.48. The summed E-state index contributed by atoms with van der Waals surface area (Å²) in [6, 6.07) is 5.42. The van der Waals surface area contributed by atoms with E-state index in [-0.39, 0.29) is 17.5 Å². The molecule has 1 aromatic carbocycles. The summed E-state index contributed by atoms with van der Waals surface area (Å²) >= 11 is 0. The van der Waals surface area contributed by atoms with Crippen molar-refractivity contribution >= 4 is 5.78 Å². The second kappa shape index (κ2) is 4.27. The zero-order valence-electron chi connectivity index (χ0n) is 8.87. The minimum absolute atomic E-state index is 0.157. The molecule has 0 aliphatic carbocycles. The van der Waals surface area contributed by atoms with Crippen molar-refractivity contribution in [1.82, 2.24) is 0 Å². The van der Waals surface area contributed by atoms with Crippen molar-refractivity contribution in [2.75, 3.05) is 0 Å². The molecule has 2 heteroatoms. The van der Waals surface area contributed by atoms with Crippen molar-refractivity contribution in [1.29, 1.82) is 0 Å². The van der Waals surface area contributed by atoms with Crippen LogP contribution in [0.5, 0.6) is 5.75 Å². The first kappa shape index (κ1) is 10.8. The maximum Gasteiger partial charge on any atom is 0.139 e. The fourth-order valence-corrected chi connectivity index (χ4v) is 1.50. The van der Waals surface area contributed by atoms with Gasteiger partial charge in [-0.25, -0.2) is 0 Å². The summed E-state index contributed by atoms with van der Waals surface area (Å²) in [5.41, 5.74) is 1.73. The van der Waals surface area contributed by atoms with Crippen LogP contribution >= 0.6 is 0 Å². The summed E-state index contributed by atoms with van der Waals surface area (Å²) in [7, 11) is 0. The third-order valence-corrected chi connectivity index (χ3v) is 2.48. The standard InChI is InChI=1S/C12H16O2/c1-4-11(13)9(3)10-6-5-8(2)7-12(10)14/h5-7,9,14H,4H2,1-3H3. The molecular weight excluding hydrogens is 176 g/mol. The molecule has 0 radical (unpaired) electrons. The van der Waals surface area contributed by atoms with Crippen LogP contribution in [0.4, 0.5) is 0 Å². The van der Waals surface area contributed by atoms with E-state index in [2.05, 4.69) is 0 Å². The van der Waals surface area contributed by atoms with Crippen molar-refractivity contribution in [2.45, 2.75) is 33.1 Å². The van der Waals surface area contributed by atoms with Crippen molar-refractivity contribution in [3.63, 3.8) is 0 Å². The second-order valence-corrected chi connectivity index (χ2v) is 3.60. The molecule has 0 spiro atoms. The Bertz CT molecular complexity index is 342. The lowest BCUT2D eigenvalue weighted by molar-refractivity contribution is -0.119. The van der Waals surface area contributed by atoms with Gasteiger partial charge in [-0.15, -0.1) is 0 Å². The van der Waals surface area contributed by atoms with Crippen LogP contribution in [0.3, 0.4) is 0 Å². The molecule has 0 fully saturated rings. The highest BCUT2D eigenvalue weighted by atomic mass is 16.3. The number of Topliss-reactive ketones (excluding diaryl/α,β-unsaturated/α-hetero) is 1. The average Bonchev–Trinajstić information content (AvgIpc) is 2.15. The fraction of sp³-hybridized carbons (Fsp3) is 0.417. The number of ketones is 1. The van der Waals surface area contributed by atoms with E-state index < -0.39 is 0 Å². The lowest BCUT2D eigenvalue weighted by Gasteiger charge is -2.11. The Morgan fingerprint density at radius 2 is 2.14 bits per heavy atom. The average molecular weight is 192 g/mol. The van der Waals surface area contributed by atoms with E-state index in [0.29, 0.717) is 6.42 Å². The molecule has 2 nitrogen and oxygen atoms in total. The van der Waals surface area contributed by atoms with Crippen LogP contribution in [-0.2, 0) is 4.79 Å². The number of carbonyl (C=O) groups is 1. The van der Waals surface area contributed by atoms with Crippen LogP contribution in [0.15, 0.2) is 18.2 Å². The van der Waals surface area contributed by atoms with Gasteiger partial charge < -0.3 is 5.11 Å². The van der Waals surface area contributed by atoms with E-state index >= 15 is 0 Å². The number of phenolic OH excluding ortho intramolecular Hbond substituents is 1.